The molecule has 2 aromatic rings. The number of anilines is 1. The van der Waals surface area contributed by atoms with Crippen LogP contribution in [0.25, 0.3) is 0 Å². The molecule has 2 aromatic heterocycles. The Kier molecular flexibility index (Phi) is 5.10. The number of nitrogens with two attached hydrogens (primary N) is 1. The highest BCUT2D eigenvalue weighted by atomic mass is 32.2. The van der Waals surface area contributed by atoms with Crippen molar-refractivity contribution in [3.8, 4) is 0 Å². The zero-order chi connectivity index (χ0) is 16.1. The normalized spacial score (nSPS) is 10.6. The minimum atomic E-state index is -0.769. The van der Waals surface area contributed by atoms with Crippen molar-refractivity contribution >= 4 is 23.4 Å². The lowest BCUT2D eigenvalue weighted by atomic mass is 10.2. The Morgan fingerprint density at radius 2 is 2.05 bits per heavy atom. The Bertz CT molecular complexity index is 784. The van der Waals surface area contributed by atoms with Crippen molar-refractivity contribution in [3.05, 3.63) is 44.9 Å². The second kappa shape index (κ2) is 7.03. The molecule has 0 amide bonds. The Balaban J connectivity index is 2.28. The number of nitrogens with zero attached hydrogens (tertiary/aromatic N) is 3. The van der Waals surface area contributed by atoms with Gasteiger partial charge < -0.3 is 5.73 Å². The smallest absolute Gasteiger partial charge is 0.329 e. The Hall–Kier alpha value is -2.42. The average Bonchev–Trinajstić information content (AvgIpc) is 2.50. The molecule has 3 N–H and O–H groups in total. The second-order valence-corrected chi connectivity index (χ2v) is 5.36. The number of hydrogen-bond donors (Lipinski definition) is 2. The summed E-state index contributed by atoms with van der Waals surface area (Å²) in [6.07, 6.45) is 3.77. The third-order valence-corrected chi connectivity index (χ3v) is 3.72. The van der Waals surface area contributed by atoms with Gasteiger partial charge in [0.1, 0.15) is 11.4 Å². The minimum Gasteiger partial charge on any atom is -0.384 e. The topological polar surface area (TPSA) is 124 Å². The van der Waals surface area contributed by atoms with E-state index in [0.717, 1.165) is 11.8 Å². The summed E-state index contributed by atoms with van der Waals surface area (Å²) in [7, 11) is 0. The Labute approximate surface area is 129 Å². The predicted molar refractivity (Wildman–Crippen MR) is 83.1 cm³/mol. The fraction of sp³-hybridized carbons (Fsp3) is 0.308. The number of carbonyl (C=O) groups is 1. The van der Waals surface area contributed by atoms with Gasteiger partial charge in [0.2, 0.25) is 0 Å². The van der Waals surface area contributed by atoms with Crippen LogP contribution in [0, 0.1) is 0 Å². The van der Waals surface area contributed by atoms with E-state index in [4.69, 9.17) is 5.73 Å². The molecule has 0 aromatic carbocycles. The molecule has 116 valence electrons. The fourth-order valence-electron chi connectivity index (χ4n) is 1.87. The van der Waals surface area contributed by atoms with Gasteiger partial charge in [0, 0.05) is 18.9 Å². The molecule has 0 saturated carbocycles. The van der Waals surface area contributed by atoms with Crippen LogP contribution in [-0.4, -0.2) is 31.1 Å². The molecule has 0 aliphatic rings. The van der Waals surface area contributed by atoms with E-state index in [1.54, 1.807) is 18.5 Å². The number of carbonyl (C=O) groups excluding carboxylic acids is 1. The van der Waals surface area contributed by atoms with Crippen LogP contribution in [0.4, 0.5) is 5.82 Å². The summed E-state index contributed by atoms with van der Waals surface area (Å²) in [6.45, 7) is 2.19. The van der Waals surface area contributed by atoms with E-state index in [1.807, 2.05) is 6.92 Å². The lowest BCUT2D eigenvalue weighted by Gasteiger charge is -2.10. The molecule has 2 heterocycles. The Morgan fingerprint density at radius 3 is 2.68 bits per heavy atom. The van der Waals surface area contributed by atoms with Gasteiger partial charge in [-0.15, -0.1) is 0 Å². The molecule has 8 nitrogen and oxygen atoms in total. The zero-order valence-corrected chi connectivity index (χ0v) is 12.7. The average molecular weight is 321 g/mol. The summed E-state index contributed by atoms with van der Waals surface area (Å²) >= 11 is 1.10. The largest absolute Gasteiger partial charge is 0.384 e. The van der Waals surface area contributed by atoms with E-state index < -0.39 is 17.0 Å². The number of nitrogen functional groups attached to an aromatic ring is 1. The quantitative estimate of drug-likeness (QED) is 0.445. The lowest BCUT2D eigenvalue weighted by molar-refractivity contribution is 0.102. The molecule has 0 spiro atoms. The monoisotopic (exact) mass is 321 g/mol. The summed E-state index contributed by atoms with van der Waals surface area (Å²) in [5, 5.41) is 0.424. The predicted octanol–water partition coefficient (Wildman–Crippen LogP) is 0.294. The van der Waals surface area contributed by atoms with Crippen molar-refractivity contribution in [1.82, 2.24) is 19.5 Å². The summed E-state index contributed by atoms with van der Waals surface area (Å²) in [5.74, 6) is -0.613. The molecule has 0 radical (unpaired) electrons. The molecule has 0 saturated heterocycles. The summed E-state index contributed by atoms with van der Waals surface area (Å²) < 4.78 is 1.19. The molecule has 0 atom stereocenters. The summed E-state index contributed by atoms with van der Waals surface area (Å²) in [4.78, 5) is 45.9. The molecule has 0 aliphatic heterocycles. The molecular formula is C13H15N5O3S. The van der Waals surface area contributed by atoms with Gasteiger partial charge in [0.25, 0.3) is 5.56 Å². The molecule has 0 aliphatic carbocycles. The number of aromatic nitrogens is 4. The van der Waals surface area contributed by atoms with Crippen LogP contribution in [0.5, 0.6) is 0 Å². The van der Waals surface area contributed by atoms with Gasteiger partial charge in [-0.05, 0) is 12.5 Å². The van der Waals surface area contributed by atoms with Crippen molar-refractivity contribution in [2.24, 2.45) is 0 Å². The van der Waals surface area contributed by atoms with E-state index in [2.05, 4.69) is 15.0 Å². The maximum Gasteiger partial charge on any atom is 0.329 e. The Morgan fingerprint density at radius 1 is 1.36 bits per heavy atom. The van der Waals surface area contributed by atoms with Gasteiger partial charge in [-0.25, -0.2) is 14.8 Å². The van der Waals surface area contributed by atoms with E-state index in [-0.39, 0.29) is 17.1 Å². The highest BCUT2D eigenvalue weighted by molar-refractivity contribution is 7.99. The van der Waals surface area contributed by atoms with E-state index in [1.165, 1.54) is 4.57 Å². The van der Waals surface area contributed by atoms with E-state index in [9.17, 15) is 14.4 Å². The molecule has 0 fully saturated rings. The zero-order valence-electron chi connectivity index (χ0n) is 11.9. The van der Waals surface area contributed by atoms with Crippen molar-refractivity contribution in [2.75, 3.05) is 11.5 Å². The standard InChI is InChI=1S/C13H15N5O3S/c1-2-6-18-10(14)9(11(20)17-13(18)21)8(19)7-22-12-15-4-3-5-16-12/h3-5H,2,6-7,14H2,1H3,(H,17,20,21). The van der Waals surface area contributed by atoms with Crippen LogP contribution in [0.2, 0.25) is 0 Å². The molecule has 0 bridgehead atoms. The third-order valence-electron chi connectivity index (χ3n) is 2.84. The highest BCUT2D eigenvalue weighted by Crippen LogP contribution is 2.14. The van der Waals surface area contributed by atoms with Crippen LogP contribution >= 0.6 is 11.8 Å². The van der Waals surface area contributed by atoms with Crippen LogP contribution in [0.15, 0.2) is 33.2 Å². The fourth-order valence-corrected chi connectivity index (χ4v) is 2.54. The number of H-pyrrole nitrogens is 1. The first kappa shape index (κ1) is 16.0. The molecule has 0 unspecified atom stereocenters. The van der Waals surface area contributed by atoms with Gasteiger partial charge in [-0.2, -0.15) is 0 Å². The van der Waals surface area contributed by atoms with Crippen molar-refractivity contribution < 1.29 is 4.79 Å². The van der Waals surface area contributed by atoms with Gasteiger partial charge in [-0.1, -0.05) is 18.7 Å². The molecule has 9 heteroatoms. The van der Waals surface area contributed by atoms with Crippen LogP contribution in [0.3, 0.4) is 0 Å². The number of aromatic amines is 1. The second-order valence-electron chi connectivity index (χ2n) is 4.41. The number of nitrogens with one attached hydrogen (secondary N) is 1. The van der Waals surface area contributed by atoms with Gasteiger partial charge in [0.05, 0.1) is 5.75 Å². The van der Waals surface area contributed by atoms with Crippen molar-refractivity contribution in [3.63, 3.8) is 0 Å². The molecule has 2 rings (SSSR count). The number of Topliss-reactive ketones (excluding diaryl/α,β-unsaturated/α-hetero) is 1. The first-order valence-corrected chi connectivity index (χ1v) is 7.58. The first-order chi connectivity index (χ1) is 10.5. The van der Waals surface area contributed by atoms with Crippen LogP contribution in [-0.2, 0) is 6.54 Å². The lowest BCUT2D eigenvalue weighted by Crippen LogP contribution is -2.36. The van der Waals surface area contributed by atoms with Crippen LogP contribution < -0.4 is 17.0 Å². The maximum absolute atomic E-state index is 12.2. The number of thioether (sulfide) groups is 1. The SMILES string of the molecule is CCCn1c(N)c(C(=O)CSc2ncccn2)c(=O)[nH]c1=O. The highest BCUT2D eigenvalue weighted by Gasteiger charge is 2.19. The summed E-state index contributed by atoms with van der Waals surface area (Å²) in [6, 6.07) is 1.66. The number of hydrogen-bond acceptors (Lipinski definition) is 7. The third kappa shape index (κ3) is 3.42. The van der Waals surface area contributed by atoms with Gasteiger partial charge >= 0.3 is 5.69 Å². The van der Waals surface area contributed by atoms with Crippen molar-refractivity contribution in [2.45, 2.75) is 25.0 Å². The number of ketones is 1. The first-order valence-electron chi connectivity index (χ1n) is 6.60. The maximum atomic E-state index is 12.2. The van der Waals surface area contributed by atoms with Gasteiger partial charge in [-0.3, -0.25) is 19.1 Å². The summed E-state index contributed by atoms with van der Waals surface area (Å²) in [5.41, 5.74) is 4.24. The minimum absolute atomic E-state index is 0.0401. The van der Waals surface area contributed by atoms with Crippen LogP contribution in [0.1, 0.15) is 23.7 Å². The molecule has 22 heavy (non-hydrogen) atoms. The van der Waals surface area contributed by atoms with Gasteiger partial charge in [0.15, 0.2) is 10.9 Å². The van der Waals surface area contributed by atoms with Crippen molar-refractivity contribution in [1.29, 1.82) is 0 Å². The van der Waals surface area contributed by atoms with E-state index in [0.29, 0.717) is 18.1 Å². The molecular weight excluding hydrogens is 306 g/mol. The number of rotatable bonds is 6. The van der Waals surface area contributed by atoms with E-state index >= 15 is 0 Å².